The fraction of sp³-hybridized carbons (Fsp3) is 0.417. The number of hydrogen-bond acceptors (Lipinski definition) is 5. The van der Waals surface area contributed by atoms with Gasteiger partial charge in [0.2, 0.25) is 0 Å². The highest BCUT2D eigenvalue weighted by Gasteiger charge is 2.29. The highest BCUT2D eigenvalue weighted by molar-refractivity contribution is 5.76. The van der Waals surface area contributed by atoms with Crippen LogP contribution in [0.5, 0.6) is 11.5 Å². The van der Waals surface area contributed by atoms with Gasteiger partial charge < -0.3 is 14.9 Å². The minimum atomic E-state index is -0.411. The predicted octanol–water partition coefficient (Wildman–Crippen LogP) is 0.846. The summed E-state index contributed by atoms with van der Waals surface area (Å²) >= 11 is 0. The molecule has 0 saturated heterocycles. The third-order valence-electron chi connectivity index (χ3n) is 3.06. The molecule has 0 spiro atoms. The Labute approximate surface area is 99.0 Å². The molecule has 5 nitrogen and oxygen atoms in total. The molecule has 3 N–H and O–H groups in total. The van der Waals surface area contributed by atoms with Crippen molar-refractivity contribution in [2.75, 3.05) is 7.11 Å². The summed E-state index contributed by atoms with van der Waals surface area (Å²) in [6, 6.07) is 2.54. The van der Waals surface area contributed by atoms with Crippen LogP contribution < -0.4 is 5.32 Å². The first kappa shape index (κ1) is 11.7. The summed E-state index contributed by atoms with van der Waals surface area (Å²) < 4.78 is 4.69. The minimum Gasteiger partial charge on any atom is -0.504 e. The van der Waals surface area contributed by atoms with E-state index < -0.39 is 6.04 Å². The van der Waals surface area contributed by atoms with Crippen molar-refractivity contribution in [2.24, 2.45) is 0 Å². The Morgan fingerprint density at radius 1 is 1.41 bits per heavy atom. The number of carbonyl (C=O) groups excluding carboxylic acids is 1. The van der Waals surface area contributed by atoms with Gasteiger partial charge >= 0.3 is 5.97 Å². The molecule has 1 aromatic rings. The van der Waals surface area contributed by atoms with E-state index in [4.69, 9.17) is 4.74 Å². The number of methoxy groups -OCH3 is 1. The first-order valence-corrected chi connectivity index (χ1v) is 5.41. The van der Waals surface area contributed by atoms with E-state index in [0.717, 1.165) is 11.1 Å². The maximum atomic E-state index is 11.5. The van der Waals surface area contributed by atoms with E-state index >= 15 is 0 Å². The molecule has 92 valence electrons. The van der Waals surface area contributed by atoms with Gasteiger partial charge in [-0.15, -0.1) is 0 Å². The van der Waals surface area contributed by atoms with Crippen LogP contribution >= 0.6 is 0 Å². The monoisotopic (exact) mass is 237 g/mol. The van der Waals surface area contributed by atoms with E-state index in [2.05, 4.69) is 5.32 Å². The fourth-order valence-electron chi connectivity index (χ4n) is 2.18. The van der Waals surface area contributed by atoms with Crippen molar-refractivity contribution in [3.63, 3.8) is 0 Å². The molecule has 17 heavy (non-hydrogen) atoms. The SMILES string of the molecule is COC(=O)[C@@H]1Cc2cc(O)c(O)cc2[C@H](C)N1. The molecule has 0 unspecified atom stereocenters. The predicted molar refractivity (Wildman–Crippen MR) is 60.8 cm³/mol. The molecule has 0 radical (unpaired) electrons. The van der Waals surface area contributed by atoms with Crippen LogP contribution in [0.1, 0.15) is 24.1 Å². The lowest BCUT2D eigenvalue weighted by atomic mass is 9.90. The Bertz CT molecular complexity index is 458. The summed E-state index contributed by atoms with van der Waals surface area (Å²) in [5.41, 5.74) is 1.74. The zero-order chi connectivity index (χ0) is 12.6. The van der Waals surface area contributed by atoms with Crippen molar-refractivity contribution in [3.8, 4) is 11.5 Å². The molecular formula is C12H15NO4. The van der Waals surface area contributed by atoms with Crippen LogP contribution in [0.2, 0.25) is 0 Å². The van der Waals surface area contributed by atoms with Gasteiger partial charge in [-0.25, -0.2) is 0 Å². The van der Waals surface area contributed by atoms with Crippen molar-refractivity contribution in [3.05, 3.63) is 23.3 Å². The second kappa shape index (κ2) is 4.25. The average molecular weight is 237 g/mol. The van der Waals surface area contributed by atoms with Gasteiger partial charge in [-0.1, -0.05) is 0 Å². The third kappa shape index (κ3) is 2.06. The number of phenols is 2. The van der Waals surface area contributed by atoms with E-state index in [9.17, 15) is 15.0 Å². The molecule has 1 aromatic carbocycles. The van der Waals surface area contributed by atoms with Gasteiger partial charge in [0.1, 0.15) is 6.04 Å². The van der Waals surface area contributed by atoms with E-state index in [1.54, 1.807) is 0 Å². The summed E-state index contributed by atoms with van der Waals surface area (Å²) in [7, 11) is 1.35. The summed E-state index contributed by atoms with van der Waals surface area (Å²) in [5, 5.41) is 22.0. The number of aromatic hydroxyl groups is 2. The zero-order valence-corrected chi connectivity index (χ0v) is 9.73. The van der Waals surface area contributed by atoms with Gasteiger partial charge in [0.05, 0.1) is 7.11 Å². The Balaban J connectivity index is 2.36. The number of hydrogen-bond donors (Lipinski definition) is 3. The number of esters is 1. The molecule has 2 rings (SSSR count). The lowest BCUT2D eigenvalue weighted by Crippen LogP contribution is -2.44. The minimum absolute atomic E-state index is 0.0747. The van der Waals surface area contributed by atoms with Crippen molar-refractivity contribution in [1.82, 2.24) is 5.32 Å². The summed E-state index contributed by atoms with van der Waals surface area (Å²) in [4.78, 5) is 11.5. The van der Waals surface area contributed by atoms with Crippen molar-refractivity contribution >= 4 is 5.97 Å². The number of fused-ring (bicyclic) bond motifs is 1. The van der Waals surface area contributed by atoms with Crippen LogP contribution in [0.3, 0.4) is 0 Å². The number of benzene rings is 1. The van der Waals surface area contributed by atoms with Crippen LogP contribution in [0, 0.1) is 0 Å². The summed E-state index contributed by atoms with van der Waals surface area (Å²) in [6.45, 7) is 1.89. The maximum absolute atomic E-state index is 11.5. The molecule has 1 aliphatic heterocycles. The topological polar surface area (TPSA) is 78.8 Å². The van der Waals surface area contributed by atoms with Gasteiger partial charge in [0, 0.05) is 6.04 Å². The number of rotatable bonds is 1. The van der Waals surface area contributed by atoms with Crippen LogP contribution in [0.25, 0.3) is 0 Å². The number of nitrogens with one attached hydrogen (secondary N) is 1. The molecule has 0 bridgehead atoms. The van der Waals surface area contributed by atoms with Gasteiger partial charge in [0.15, 0.2) is 11.5 Å². The van der Waals surface area contributed by atoms with Gasteiger partial charge in [-0.05, 0) is 36.6 Å². The highest BCUT2D eigenvalue weighted by Crippen LogP contribution is 2.34. The standard InChI is InChI=1S/C12H15NO4/c1-6-8-5-11(15)10(14)4-7(8)3-9(13-6)12(16)17-2/h4-6,9,13-15H,3H2,1-2H3/t6-,9-/m0/s1. The molecule has 0 amide bonds. The quantitative estimate of drug-likeness (QED) is 0.498. The van der Waals surface area contributed by atoms with Crippen LogP contribution in [0.4, 0.5) is 0 Å². The Kier molecular flexibility index (Phi) is 2.93. The molecule has 0 fully saturated rings. The summed E-state index contributed by atoms with van der Waals surface area (Å²) in [5.74, 6) is -0.634. The number of ether oxygens (including phenoxy) is 1. The largest absolute Gasteiger partial charge is 0.504 e. The van der Waals surface area contributed by atoms with E-state index in [0.29, 0.717) is 6.42 Å². The lowest BCUT2D eigenvalue weighted by Gasteiger charge is -2.29. The summed E-state index contributed by atoms with van der Waals surface area (Å²) in [6.07, 6.45) is 0.445. The first-order valence-electron chi connectivity index (χ1n) is 5.41. The molecule has 0 saturated carbocycles. The first-order chi connectivity index (χ1) is 8.02. The average Bonchev–Trinajstić information content (AvgIpc) is 2.30. The molecule has 2 atom stereocenters. The highest BCUT2D eigenvalue weighted by atomic mass is 16.5. The van der Waals surface area contributed by atoms with Gasteiger partial charge in [-0.2, -0.15) is 0 Å². The van der Waals surface area contributed by atoms with Crippen molar-refractivity contribution in [2.45, 2.75) is 25.4 Å². The smallest absolute Gasteiger partial charge is 0.323 e. The molecule has 0 aromatic heterocycles. The molecule has 0 aliphatic carbocycles. The Morgan fingerprint density at radius 3 is 2.71 bits per heavy atom. The molecule has 1 aliphatic rings. The third-order valence-corrected chi connectivity index (χ3v) is 3.06. The lowest BCUT2D eigenvalue weighted by molar-refractivity contribution is -0.143. The Hall–Kier alpha value is -1.75. The van der Waals surface area contributed by atoms with Crippen LogP contribution in [-0.2, 0) is 16.0 Å². The van der Waals surface area contributed by atoms with E-state index in [1.165, 1.54) is 19.2 Å². The maximum Gasteiger partial charge on any atom is 0.323 e. The van der Waals surface area contributed by atoms with Gasteiger partial charge in [0.25, 0.3) is 0 Å². The van der Waals surface area contributed by atoms with E-state index in [-0.39, 0.29) is 23.5 Å². The molecular weight excluding hydrogens is 222 g/mol. The fourth-order valence-corrected chi connectivity index (χ4v) is 2.18. The van der Waals surface area contributed by atoms with E-state index in [1.807, 2.05) is 6.92 Å². The van der Waals surface area contributed by atoms with Gasteiger partial charge in [-0.3, -0.25) is 10.1 Å². The Morgan fingerprint density at radius 2 is 2.06 bits per heavy atom. The van der Waals surface area contributed by atoms with Crippen LogP contribution in [-0.4, -0.2) is 29.3 Å². The van der Waals surface area contributed by atoms with Crippen molar-refractivity contribution in [1.29, 1.82) is 0 Å². The van der Waals surface area contributed by atoms with Crippen molar-refractivity contribution < 1.29 is 19.7 Å². The molecule has 5 heteroatoms. The zero-order valence-electron chi connectivity index (χ0n) is 9.73. The van der Waals surface area contributed by atoms with Crippen LogP contribution in [0.15, 0.2) is 12.1 Å². The molecule has 1 heterocycles. The second-order valence-electron chi connectivity index (χ2n) is 4.21. The number of carbonyl (C=O) groups is 1. The second-order valence-corrected chi connectivity index (χ2v) is 4.21. The normalized spacial score (nSPS) is 22.9. The number of phenolic OH excluding ortho intramolecular Hbond substituents is 2.